The van der Waals surface area contributed by atoms with Gasteiger partial charge in [-0.1, -0.05) is 42.5 Å². The first-order valence-corrected chi connectivity index (χ1v) is 9.20. The quantitative estimate of drug-likeness (QED) is 0.596. The predicted octanol–water partition coefficient (Wildman–Crippen LogP) is 3.73. The number of para-hydroxylation sites is 1. The fourth-order valence-corrected chi connectivity index (χ4v) is 3.92. The number of nitrogens with one attached hydrogen (secondary N) is 1. The molecule has 0 bridgehead atoms. The van der Waals surface area contributed by atoms with Crippen LogP contribution >= 0.6 is 11.3 Å². The normalized spacial score (nSPS) is 13.8. The maximum absolute atomic E-state index is 5.94. The number of oxazole rings is 1. The maximum Gasteiger partial charge on any atom is 0.250 e. The SMILES string of the molecule is C[C@@H](c1nc2ccccc2s1)[NH+](C)Cc1ncc(-c2ccccc2)o1. The van der Waals surface area contributed by atoms with Gasteiger partial charge in [0, 0.05) is 5.56 Å². The van der Waals surface area contributed by atoms with Crippen molar-refractivity contribution in [1.82, 2.24) is 9.97 Å². The van der Waals surface area contributed by atoms with Gasteiger partial charge in [-0.3, -0.25) is 0 Å². The number of thiazole rings is 1. The van der Waals surface area contributed by atoms with Gasteiger partial charge in [-0.25, -0.2) is 9.97 Å². The Hall–Kier alpha value is -2.50. The van der Waals surface area contributed by atoms with Crippen molar-refractivity contribution in [2.24, 2.45) is 0 Å². The zero-order valence-electron chi connectivity index (χ0n) is 14.3. The Balaban J connectivity index is 1.49. The molecule has 1 N–H and O–H groups in total. The van der Waals surface area contributed by atoms with E-state index in [-0.39, 0.29) is 6.04 Å². The van der Waals surface area contributed by atoms with E-state index >= 15 is 0 Å². The van der Waals surface area contributed by atoms with Gasteiger partial charge in [-0.05, 0) is 19.1 Å². The molecule has 2 atom stereocenters. The van der Waals surface area contributed by atoms with Crippen molar-refractivity contribution in [3.63, 3.8) is 0 Å². The predicted molar refractivity (Wildman–Crippen MR) is 101 cm³/mol. The molecule has 126 valence electrons. The summed E-state index contributed by atoms with van der Waals surface area (Å²) in [4.78, 5) is 10.5. The molecule has 0 saturated heterocycles. The highest BCUT2D eigenvalue weighted by Gasteiger charge is 2.21. The smallest absolute Gasteiger partial charge is 0.250 e. The molecule has 0 amide bonds. The third-order valence-electron chi connectivity index (χ3n) is 4.46. The van der Waals surface area contributed by atoms with Crippen molar-refractivity contribution in [3.8, 4) is 11.3 Å². The molecule has 0 fully saturated rings. The molecule has 5 heteroatoms. The van der Waals surface area contributed by atoms with Gasteiger partial charge in [0.1, 0.15) is 6.04 Å². The lowest BCUT2D eigenvalue weighted by Crippen LogP contribution is -3.07. The molecule has 4 aromatic rings. The van der Waals surface area contributed by atoms with Crippen LogP contribution in [0.5, 0.6) is 0 Å². The monoisotopic (exact) mass is 350 g/mol. The molecular weight excluding hydrogens is 330 g/mol. The molecule has 2 heterocycles. The Kier molecular flexibility index (Phi) is 4.34. The van der Waals surface area contributed by atoms with E-state index in [0.29, 0.717) is 0 Å². The van der Waals surface area contributed by atoms with Gasteiger partial charge in [0.15, 0.2) is 17.3 Å². The van der Waals surface area contributed by atoms with E-state index in [1.165, 1.54) is 9.60 Å². The van der Waals surface area contributed by atoms with Crippen LogP contribution in [0, 0.1) is 0 Å². The van der Waals surface area contributed by atoms with E-state index in [2.05, 4.69) is 37.2 Å². The number of fused-ring (bicyclic) bond motifs is 1. The highest BCUT2D eigenvalue weighted by molar-refractivity contribution is 7.18. The lowest BCUT2D eigenvalue weighted by atomic mass is 10.2. The first-order valence-electron chi connectivity index (χ1n) is 8.38. The van der Waals surface area contributed by atoms with Crippen LogP contribution < -0.4 is 4.90 Å². The summed E-state index contributed by atoms with van der Waals surface area (Å²) in [6.45, 7) is 2.93. The van der Waals surface area contributed by atoms with Gasteiger partial charge in [0.25, 0.3) is 5.89 Å². The Bertz CT molecular complexity index is 944. The lowest BCUT2D eigenvalue weighted by molar-refractivity contribution is -0.925. The Morgan fingerprint density at radius 3 is 2.64 bits per heavy atom. The van der Waals surface area contributed by atoms with E-state index < -0.39 is 0 Å². The Labute approximate surface area is 150 Å². The number of nitrogens with zero attached hydrogens (tertiary/aromatic N) is 2. The molecule has 4 rings (SSSR count). The van der Waals surface area contributed by atoms with Crippen LogP contribution in [-0.2, 0) is 6.54 Å². The van der Waals surface area contributed by atoms with Gasteiger partial charge in [-0.15, -0.1) is 11.3 Å². The second-order valence-electron chi connectivity index (χ2n) is 6.25. The molecule has 0 radical (unpaired) electrons. The first kappa shape index (κ1) is 16.0. The van der Waals surface area contributed by atoms with Crippen LogP contribution in [0.3, 0.4) is 0 Å². The number of aromatic nitrogens is 2. The van der Waals surface area contributed by atoms with Crippen LogP contribution in [0.25, 0.3) is 21.5 Å². The molecule has 0 aliphatic carbocycles. The summed E-state index contributed by atoms with van der Waals surface area (Å²) in [5, 5.41) is 1.15. The summed E-state index contributed by atoms with van der Waals surface area (Å²) in [6.07, 6.45) is 1.81. The van der Waals surface area contributed by atoms with Gasteiger partial charge in [0.2, 0.25) is 0 Å². The second-order valence-corrected chi connectivity index (χ2v) is 7.31. The van der Waals surface area contributed by atoms with E-state index in [4.69, 9.17) is 9.40 Å². The molecule has 2 aromatic heterocycles. The van der Waals surface area contributed by atoms with Crippen molar-refractivity contribution in [1.29, 1.82) is 0 Å². The van der Waals surface area contributed by atoms with Gasteiger partial charge in [0.05, 0.1) is 23.5 Å². The van der Waals surface area contributed by atoms with Crippen LogP contribution in [0.15, 0.2) is 65.2 Å². The topological polar surface area (TPSA) is 43.4 Å². The Morgan fingerprint density at radius 1 is 1.08 bits per heavy atom. The summed E-state index contributed by atoms with van der Waals surface area (Å²) in [7, 11) is 2.16. The largest absolute Gasteiger partial charge is 0.435 e. The molecular formula is C20H20N3OS+. The molecule has 1 unspecified atom stereocenters. The summed E-state index contributed by atoms with van der Waals surface area (Å²) in [6, 6.07) is 18.6. The summed E-state index contributed by atoms with van der Waals surface area (Å²) >= 11 is 1.76. The van der Waals surface area contributed by atoms with Crippen molar-refractivity contribution in [3.05, 3.63) is 71.7 Å². The van der Waals surface area contributed by atoms with Crippen LogP contribution in [0.4, 0.5) is 0 Å². The van der Waals surface area contributed by atoms with Crippen molar-refractivity contribution < 1.29 is 9.32 Å². The Morgan fingerprint density at radius 2 is 1.84 bits per heavy atom. The lowest BCUT2D eigenvalue weighted by Gasteiger charge is -2.18. The van der Waals surface area contributed by atoms with Crippen molar-refractivity contribution >= 4 is 21.6 Å². The van der Waals surface area contributed by atoms with Gasteiger partial charge >= 0.3 is 0 Å². The third-order valence-corrected chi connectivity index (χ3v) is 5.68. The average molecular weight is 350 g/mol. The molecule has 0 aliphatic rings. The fourth-order valence-electron chi connectivity index (χ4n) is 2.81. The van der Waals surface area contributed by atoms with Crippen LogP contribution in [-0.4, -0.2) is 17.0 Å². The number of hydrogen-bond donors (Lipinski definition) is 1. The van der Waals surface area contributed by atoms with E-state index in [1.54, 1.807) is 17.5 Å². The molecule has 2 aromatic carbocycles. The minimum Gasteiger partial charge on any atom is -0.435 e. The molecule has 4 nitrogen and oxygen atoms in total. The summed E-state index contributed by atoms with van der Waals surface area (Å²) in [5.41, 5.74) is 2.13. The summed E-state index contributed by atoms with van der Waals surface area (Å²) in [5.74, 6) is 1.57. The molecule has 0 spiro atoms. The molecule has 0 saturated carbocycles. The van der Waals surface area contributed by atoms with E-state index in [1.807, 2.05) is 36.4 Å². The van der Waals surface area contributed by atoms with Gasteiger partial charge in [-0.2, -0.15) is 0 Å². The molecule has 25 heavy (non-hydrogen) atoms. The second kappa shape index (κ2) is 6.78. The highest BCUT2D eigenvalue weighted by atomic mass is 32.1. The van der Waals surface area contributed by atoms with Crippen molar-refractivity contribution in [2.45, 2.75) is 19.5 Å². The van der Waals surface area contributed by atoms with E-state index in [9.17, 15) is 0 Å². The van der Waals surface area contributed by atoms with Crippen LogP contribution in [0.1, 0.15) is 23.9 Å². The fraction of sp³-hybridized carbons (Fsp3) is 0.200. The van der Waals surface area contributed by atoms with Crippen molar-refractivity contribution in [2.75, 3.05) is 7.05 Å². The average Bonchev–Trinajstić information content (AvgIpc) is 3.28. The highest BCUT2D eigenvalue weighted by Crippen LogP contribution is 2.25. The zero-order chi connectivity index (χ0) is 17.2. The minimum atomic E-state index is 0.282. The number of rotatable bonds is 5. The number of quaternary nitrogens is 1. The van der Waals surface area contributed by atoms with E-state index in [0.717, 1.165) is 34.3 Å². The maximum atomic E-state index is 5.94. The third kappa shape index (κ3) is 3.34. The van der Waals surface area contributed by atoms with Crippen LogP contribution in [0.2, 0.25) is 0 Å². The summed E-state index contributed by atoms with van der Waals surface area (Å²) < 4.78 is 7.17. The standard InChI is InChI=1S/C20H19N3OS/c1-14(20-22-16-10-6-7-11-18(16)25-20)23(2)13-19-21-12-17(24-19)15-8-4-3-5-9-15/h3-12,14H,13H2,1-2H3/p+1/t14-/m0/s1. The molecule has 0 aliphatic heterocycles. The number of benzene rings is 2. The number of hydrogen-bond acceptors (Lipinski definition) is 4. The first-order chi connectivity index (χ1) is 12.2. The minimum absolute atomic E-state index is 0.282. The van der Waals surface area contributed by atoms with Gasteiger partial charge < -0.3 is 9.32 Å². The zero-order valence-corrected chi connectivity index (χ0v) is 15.1.